The smallest absolute Gasteiger partial charge is 0.256 e. The van der Waals surface area contributed by atoms with E-state index in [0.717, 1.165) is 16.7 Å². The Hall–Kier alpha value is -0.670. The summed E-state index contributed by atoms with van der Waals surface area (Å²) in [5, 5.41) is 0.688. The predicted molar refractivity (Wildman–Crippen MR) is 55.3 cm³/mol. The summed E-state index contributed by atoms with van der Waals surface area (Å²) in [5.74, 6) is 0.470. The number of oxazole rings is 1. The van der Waals surface area contributed by atoms with E-state index in [1.54, 1.807) is 0 Å². The van der Waals surface area contributed by atoms with E-state index in [1.807, 2.05) is 24.5 Å². The largest absolute Gasteiger partial charge is 0.431 e. The van der Waals surface area contributed by atoms with E-state index in [-0.39, 0.29) is 0 Å². The first-order chi connectivity index (χ1) is 6.35. The van der Waals surface area contributed by atoms with Crippen LogP contribution < -0.4 is 0 Å². The van der Waals surface area contributed by atoms with Crippen LogP contribution in [0.3, 0.4) is 0 Å². The molecule has 1 aromatic carbocycles. The van der Waals surface area contributed by atoms with Gasteiger partial charge < -0.3 is 4.42 Å². The number of para-hydroxylation sites is 1. The molecule has 0 saturated carbocycles. The summed E-state index contributed by atoms with van der Waals surface area (Å²) in [6.07, 6.45) is 1.94. The molecular formula is C9H8ClNOS. The van der Waals surface area contributed by atoms with Gasteiger partial charge in [0.15, 0.2) is 5.58 Å². The number of hydrogen-bond acceptors (Lipinski definition) is 3. The predicted octanol–water partition coefficient (Wildman–Crippen LogP) is 3.29. The van der Waals surface area contributed by atoms with Crippen LogP contribution in [0.15, 0.2) is 27.8 Å². The molecule has 0 spiro atoms. The second-order valence-corrected chi connectivity index (χ2v) is 3.61. The maximum atomic E-state index is 5.77. The molecule has 0 fully saturated rings. The van der Waals surface area contributed by atoms with Crippen molar-refractivity contribution >= 4 is 34.5 Å². The van der Waals surface area contributed by atoms with Gasteiger partial charge in [-0.15, -0.1) is 11.6 Å². The zero-order chi connectivity index (χ0) is 9.26. The number of benzene rings is 1. The highest BCUT2D eigenvalue weighted by atomic mass is 35.5. The van der Waals surface area contributed by atoms with Crippen molar-refractivity contribution in [2.75, 3.05) is 6.26 Å². The molecule has 2 nitrogen and oxygen atoms in total. The molecule has 0 bridgehead atoms. The monoisotopic (exact) mass is 213 g/mol. The van der Waals surface area contributed by atoms with Crippen molar-refractivity contribution in [3.05, 3.63) is 23.8 Å². The van der Waals surface area contributed by atoms with Gasteiger partial charge in [-0.25, -0.2) is 4.98 Å². The number of thioether (sulfide) groups is 1. The summed E-state index contributed by atoms with van der Waals surface area (Å²) >= 11 is 7.26. The minimum atomic E-state index is 0.470. The van der Waals surface area contributed by atoms with Crippen LogP contribution in [-0.4, -0.2) is 11.2 Å². The molecule has 0 unspecified atom stereocenters. The SMILES string of the molecule is CSc1nc2c(CCl)cccc2o1. The number of alkyl halides is 1. The molecule has 0 radical (unpaired) electrons. The van der Waals surface area contributed by atoms with Gasteiger partial charge in [0.2, 0.25) is 0 Å². The molecule has 0 aliphatic carbocycles. The summed E-state index contributed by atoms with van der Waals surface area (Å²) < 4.78 is 5.45. The van der Waals surface area contributed by atoms with Crippen LogP contribution in [0.25, 0.3) is 11.1 Å². The van der Waals surface area contributed by atoms with Crippen molar-refractivity contribution in [2.45, 2.75) is 11.1 Å². The van der Waals surface area contributed by atoms with Crippen molar-refractivity contribution < 1.29 is 4.42 Å². The minimum Gasteiger partial charge on any atom is -0.431 e. The number of rotatable bonds is 2. The number of aromatic nitrogens is 1. The van der Waals surface area contributed by atoms with Crippen LogP contribution in [0.4, 0.5) is 0 Å². The van der Waals surface area contributed by atoms with Crippen molar-refractivity contribution in [1.29, 1.82) is 0 Å². The molecule has 68 valence electrons. The van der Waals surface area contributed by atoms with Gasteiger partial charge in [0.1, 0.15) is 5.52 Å². The molecule has 1 aromatic heterocycles. The van der Waals surface area contributed by atoms with Crippen molar-refractivity contribution in [3.8, 4) is 0 Å². The molecule has 2 aromatic rings. The fourth-order valence-electron chi connectivity index (χ4n) is 1.18. The highest BCUT2D eigenvalue weighted by Gasteiger charge is 2.07. The van der Waals surface area contributed by atoms with E-state index in [4.69, 9.17) is 16.0 Å². The molecule has 2 rings (SSSR count). The third-order valence-corrected chi connectivity index (χ3v) is 2.61. The van der Waals surface area contributed by atoms with Gasteiger partial charge in [-0.1, -0.05) is 23.9 Å². The summed E-state index contributed by atoms with van der Waals surface area (Å²) in [5.41, 5.74) is 2.70. The Labute approximate surface area is 85.3 Å². The van der Waals surface area contributed by atoms with Crippen molar-refractivity contribution in [3.63, 3.8) is 0 Å². The van der Waals surface area contributed by atoms with Crippen LogP contribution in [-0.2, 0) is 5.88 Å². The lowest BCUT2D eigenvalue weighted by atomic mass is 10.2. The van der Waals surface area contributed by atoms with Crippen LogP contribution in [0, 0.1) is 0 Å². The quantitative estimate of drug-likeness (QED) is 0.566. The van der Waals surface area contributed by atoms with Crippen LogP contribution >= 0.6 is 23.4 Å². The Balaban J connectivity index is 2.67. The van der Waals surface area contributed by atoms with E-state index < -0.39 is 0 Å². The van der Waals surface area contributed by atoms with E-state index >= 15 is 0 Å². The Kier molecular flexibility index (Phi) is 2.47. The molecule has 0 aliphatic rings. The van der Waals surface area contributed by atoms with Gasteiger partial charge in [0, 0.05) is 5.88 Å². The molecule has 0 N–H and O–H groups in total. The van der Waals surface area contributed by atoms with E-state index in [2.05, 4.69) is 4.98 Å². The lowest BCUT2D eigenvalue weighted by Crippen LogP contribution is -1.79. The van der Waals surface area contributed by atoms with Gasteiger partial charge in [0.05, 0.1) is 0 Å². The summed E-state index contributed by atoms with van der Waals surface area (Å²) in [7, 11) is 0. The molecule has 0 atom stereocenters. The molecule has 1 heterocycles. The maximum absolute atomic E-state index is 5.77. The molecule has 0 aliphatic heterocycles. The van der Waals surface area contributed by atoms with Crippen LogP contribution in [0.5, 0.6) is 0 Å². The zero-order valence-corrected chi connectivity index (χ0v) is 8.65. The van der Waals surface area contributed by atoms with Gasteiger partial charge in [0.25, 0.3) is 5.22 Å². The molecule has 13 heavy (non-hydrogen) atoms. The number of fused-ring (bicyclic) bond motifs is 1. The standard InChI is InChI=1S/C9H8ClNOS/c1-13-9-11-8-6(5-10)3-2-4-7(8)12-9/h2-4H,5H2,1H3. The second-order valence-electron chi connectivity index (χ2n) is 2.58. The third-order valence-electron chi connectivity index (χ3n) is 1.80. The van der Waals surface area contributed by atoms with Gasteiger partial charge in [-0.2, -0.15) is 0 Å². The Bertz CT molecular complexity index is 426. The topological polar surface area (TPSA) is 26.0 Å². The average Bonchev–Trinajstić information content (AvgIpc) is 2.59. The average molecular weight is 214 g/mol. The number of nitrogens with zero attached hydrogens (tertiary/aromatic N) is 1. The molecule has 4 heteroatoms. The van der Waals surface area contributed by atoms with Crippen molar-refractivity contribution in [2.24, 2.45) is 0 Å². The third kappa shape index (κ3) is 1.54. The second kappa shape index (κ2) is 3.60. The summed E-state index contributed by atoms with van der Waals surface area (Å²) in [6.45, 7) is 0. The highest BCUT2D eigenvalue weighted by molar-refractivity contribution is 7.98. The normalized spacial score (nSPS) is 10.9. The van der Waals surface area contributed by atoms with E-state index in [0.29, 0.717) is 11.1 Å². The highest BCUT2D eigenvalue weighted by Crippen LogP contribution is 2.24. The number of hydrogen-bond donors (Lipinski definition) is 0. The maximum Gasteiger partial charge on any atom is 0.256 e. The van der Waals surface area contributed by atoms with Gasteiger partial charge in [-0.3, -0.25) is 0 Å². The minimum absolute atomic E-state index is 0.470. The fourth-order valence-corrected chi connectivity index (χ4v) is 1.75. The van der Waals surface area contributed by atoms with E-state index in [1.165, 1.54) is 11.8 Å². The number of halogens is 1. The first-order valence-electron chi connectivity index (χ1n) is 3.83. The van der Waals surface area contributed by atoms with Gasteiger partial charge in [-0.05, 0) is 17.9 Å². The van der Waals surface area contributed by atoms with Crippen LogP contribution in [0.1, 0.15) is 5.56 Å². The summed E-state index contributed by atoms with van der Waals surface area (Å²) in [6, 6.07) is 5.79. The lowest BCUT2D eigenvalue weighted by molar-refractivity contribution is 0.490. The first-order valence-corrected chi connectivity index (χ1v) is 5.59. The lowest BCUT2D eigenvalue weighted by Gasteiger charge is -1.92. The Morgan fingerprint density at radius 2 is 2.38 bits per heavy atom. The Morgan fingerprint density at radius 3 is 3.08 bits per heavy atom. The Morgan fingerprint density at radius 1 is 1.54 bits per heavy atom. The molecule has 0 amide bonds. The zero-order valence-electron chi connectivity index (χ0n) is 7.08. The fraction of sp³-hybridized carbons (Fsp3) is 0.222. The first kappa shape index (κ1) is 8.91. The molecule has 0 saturated heterocycles. The van der Waals surface area contributed by atoms with E-state index in [9.17, 15) is 0 Å². The van der Waals surface area contributed by atoms with Crippen molar-refractivity contribution in [1.82, 2.24) is 4.98 Å². The summed E-state index contributed by atoms with van der Waals surface area (Å²) in [4.78, 5) is 4.31. The molecular weight excluding hydrogens is 206 g/mol. The van der Waals surface area contributed by atoms with Crippen LogP contribution in [0.2, 0.25) is 0 Å². The van der Waals surface area contributed by atoms with Gasteiger partial charge >= 0.3 is 0 Å².